The van der Waals surface area contributed by atoms with E-state index in [0.717, 1.165) is 18.7 Å². The van der Waals surface area contributed by atoms with Gasteiger partial charge in [0.05, 0.1) is 10.4 Å². The van der Waals surface area contributed by atoms with E-state index in [4.69, 9.17) is 0 Å². The Morgan fingerprint density at radius 1 is 1.00 bits per heavy atom. The number of benzene rings is 2. The topological polar surface area (TPSA) is 62.6 Å². The Labute approximate surface area is 176 Å². The van der Waals surface area contributed by atoms with Gasteiger partial charge in [0.1, 0.15) is 5.69 Å². The molecule has 3 aromatic rings. The molecule has 2 aromatic carbocycles. The number of hydrogen-bond donors (Lipinski definition) is 1. The first kappa shape index (κ1) is 20.0. The minimum Gasteiger partial charge on any atom is -0.335 e. The van der Waals surface area contributed by atoms with Crippen LogP contribution in [-0.2, 0) is 15.8 Å². The predicted octanol–water partition coefficient (Wildman–Crippen LogP) is 2.70. The van der Waals surface area contributed by atoms with Crippen LogP contribution >= 0.6 is 12.6 Å². The predicted molar refractivity (Wildman–Crippen MR) is 117 cm³/mol. The van der Waals surface area contributed by atoms with Crippen LogP contribution in [0.4, 0.5) is 0 Å². The van der Waals surface area contributed by atoms with Crippen molar-refractivity contribution in [1.29, 1.82) is 0 Å². The van der Waals surface area contributed by atoms with Gasteiger partial charge in [-0.3, -0.25) is 4.79 Å². The van der Waals surface area contributed by atoms with Crippen molar-refractivity contribution in [2.24, 2.45) is 0 Å². The molecule has 0 bridgehead atoms. The molecule has 1 aliphatic heterocycles. The van der Waals surface area contributed by atoms with Crippen LogP contribution in [0.25, 0.3) is 10.9 Å². The Balaban J connectivity index is 1.89. The zero-order valence-corrected chi connectivity index (χ0v) is 17.9. The summed E-state index contributed by atoms with van der Waals surface area (Å²) in [5.41, 5.74) is 1.63. The van der Waals surface area contributed by atoms with E-state index < -0.39 is 10.0 Å². The van der Waals surface area contributed by atoms with Crippen LogP contribution in [0.2, 0.25) is 0 Å². The van der Waals surface area contributed by atoms with E-state index in [2.05, 4.69) is 17.5 Å². The van der Waals surface area contributed by atoms with Gasteiger partial charge in [-0.15, -0.1) is 0 Å². The minimum absolute atomic E-state index is 0.156. The third-order valence-corrected chi connectivity index (χ3v) is 7.40. The molecule has 0 N–H and O–H groups in total. The maximum Gasteiger partial charge on any atom is 0.271 e. The summed E-state index contributed by atoms with van der Waals surface area (Å²) in [6.45, 7) is 2.68. The Morgan fingerprint density at radius 3 is 2.34 bits per heavy atom. The van der Waals surface area contributed by atoms with Gasteiger partial charge in [0, 0.05) is 37.3 Å². The third kappa shape index (κ3) is 3.68. The van der Waals surface area contributed by atoms with Crippen LogP contribution in [0, 0.1) is 0 Å². The molecule has 6 nitrogen and oxygen atoms in total. The molecule has 0 aliphatic carbocycles. The molecule has 1 aliphatic rings. The summed E-state index contributed by atoms with van der Waals surface area (Å²) in [5, 5.41) is 0.716. The molecule has 1 saturated heterocycles. The first-order valence-electron chi connectivity index (χ1n) is 9.45. The van der Waals surface area contributed by atoms with Gasteiger partial charge in [-0.25, -0.2) is 12.4 Å². The van der Waals surface area contributed by atoms with Crippen molar-refractivity contribution in [2.45, 2.75) is 10.6 Å². The van der Waals surface area contributed by atoms with E-state index in [-0.39, 0.29) is 16.5 Å². The molecular weight excluding hydrogens is 406 g/mol. The third-order valence-electron chi connectivity index (χ3n) is 5.30. The van der Waals surface area contributed by atoms with Gasteiger partial charge >= 0.3 is 0 Å². The minimum atomic E-state index is -3.93. The monoisotopic (exact) mass is 429 g/mol. The summed E-state index contributed by atoms with van der Waals surface area (Å²) in [4.78, 5) is 17.4. The van der Waals surface area contributed by atoms with Crippen molar-refractivity contribution in [2.75, 3.05) is 33.2 Å². The van der Waals surface area contributed by atoms with Gasteiger partial charge < -0.3 is 9.80 Å². The molecule has 0 radical (unpaired) electrons. The number of fused-ring (bicyclic) bond motifs is 1. The van der Waals surface area contributed by atoms with Crippen LogP contribution in [0.15, 0.2) is 59.5 Å². The summed E-state index contributed by atoms with van der Waals surface area (Å²) in [7, 11) is -1.92. The quantitative estimate of drug-likeness (QED) is 0.648. The number of thiol groups is 1. The lowest BCUT2D eigenvalue weighted by molar-refractivity contribution is 0.0657. The number of carbonyl (C=O) groups is 1. The molecular formula is C21H23N3O3S2. The number of amides is 1. The second-order valence-corrected chi connectivity index (χ2v) is 9.36. The number of hydrogen-bond acceptors (Lipinski definition) is 5. The molecule has 0 saturated carbocycles. The second-order valence-electron chi connectivity index (χ2n) is 7.26. The van der Waals surface area contributed by atoms with E-state index in [1.165, 1.54) is 3.97 Å². The number of aromatic nitrogens is 1. The smallest absolute Gasteiger partial charge is 0.271 e. The maximum absolute atomic E-state index is 13.5. The first-order chi connectivity index (χ1) is 13.9. The number of carbonyl (C=O) groups excluding carboxylic acids is 1. The van der Waals surface area contributed by atoms with E-state index in [0.29, 0.717) is 29.7 Å². The van der Waals surface area contributed by atoms with Crippen LogP contribution in [0.5, 0.6) is 0 Å². The molecule has 0 unspecified atom stereocenters. The number of piperazine rings is 1. The van der Waals surface area contributed by atoms with Gasteiger partial charge in [-0.05, 0) is 42.9 Å². The van der Waals surface area contributed by atoms with Crippen molar-refractivity contribution < 1.29 is 13.2 Å². The van der Waals surface area contributed by atoms with Gasteiger partial charge in [0.25, 0.3) is 15.9 Å². The highest BCUT2D eigenvalue weighted by atomic mass is 32.2. The fraction of sp³-hybridized carbons (Fsp3) is 0.286. The highest BCUT2D eigenvalue weighted by Gasteiger charge is 2.30. The zero-order valence-electron chi connectivity index (χ0n) is 16.2. The summed E-state index contributed by atoms with van der Waals surface area (Å²) in [5.74, 6) is 0.273. The lowest BCUT2D eigenvalue weighted by Crippen LogP contribution is -2.47. The molecule has 8 heteroatoms. The van der Waals surface area contributed by atoms with E-state index in [1.54, 1.807) is 47.4 Å². The highest BCUT2D eigenvalue weighted by Crippen LogP contribution is 2.28. The van der Waals surface area contributed by atoms with E-state index in [9.17, 15) is 13.2 Å². The molecule has 4 rings (SSSR count). The maximum atomic E-state index is 13.5. The summed E-state index contributed by atoms with van der Waals surface area (Å²) in [6, 6.07) is 15.4. The molecule has 152 valence electrons. The van der Waals surface area contributed by atoms with Crippen molar-refractivity contribution in [1.82, 2.24) is 13.8 Å². The van der Waals surface area contributed by atoms with Crippen molar-refractivity contribution in [3.8, 4) is 0 Å². The van der Waals surface area contributed by atoms with Crippen molar-refractivity contribution in [3.63, 3.8) is 0 Å². The van der Waals surface area contributed by atoms with Gasteiger partial charge in [-0.2, -0.15) is 12.6 Å². The highest BCUT2D eigenvalue weighted by molar-refractivity contribution is 7.90. The molecule has 29 heavy (non-hydrogen) atoms. The normalized spacial score (nSPS) is 15.7. The average molecular weight is 430 g/mol. The van der Waals surface area contributed by atoms with Crippen LogP contribution < -0.4 is 0 Å². The average Bonchev–Trinajstić information content (AvgIpc) is 3.13. The Hall–Kier alpha value is -2.29. The zero-order chi connectivity index (χ0) is 20.6. The van der Waals surface area contributed by atoms with Crippen LogP contribution in [0.3, 0.4) is 0 Å². The van der Waals surface area contributed by atoms with E-state index >= 15 is 0 Å². The molecule has 1 aromatic heterocycles. The Bertz CT molecular complexity index is 1150. The fourth-order valence-corrected chi connectivity index (χ4v) is 5.34. The van der Waals surface area contributed by atoms with Crippen LogP contribution in [0.1, 0.15) is 16.1 Å². The van der Waals surface area contributed by atoms with Gasteiger partial charge in [0.15, 0.2) is 0 Å². The molecule has 1 fully saturated rings. The number of nitrogens with zero attached hydrogens (tertiary/aromatic N) is 3. The van der Waals surface area contributed by atoms with Gasteiger partial charge in [-0.1, -0.05) is 24.3 Å². The van der Waals surface area contributed by atoms with Crippen LogP contribution in [-0.4, -0.2) is 61.3 Å². The molecule has 1 amide bonds. The summed E-state index contributed by atoms with van der Waals surface area (Å²) in [6.07, 6.45) is 0. The fourth-order valence-electron chi connectivity index (χ4n) is 3.62. The lowest BCUT2D eigenvalue weighted by atomic mass is 10.2. The van der Waals surface area contributed by atoms with Crippen molar-refractivity contribution >= 4 is 39.5 Å². The Kier molecular flexibility index (Phi) is 5.42. The molecule has 0 atom stereocenters. The molecule has 2 heterocycles. The summed E-state index contributed by atoms with van der Waals surface area (Å²) < 4.78 is 28.2. The number of rotatable bonds is 4. The van der Waals surface area contributed by atoms with Gasteiger partial charge in [0.2, 0.25) is 0 Å². The first-order valence-corrected chi connectivity index (χ1v) is 11.5. The lowest BCUT2D eigenvalue weighted by Gasteiger charge is -2.32. The van der Waals surface area contributed by atoms with Crippen molar-refractivity contribution in [3.05, 3.63) is 65.9 Å². The summed E-state index contributed by atoms with van der Waals surface area (Å²) >= 11 is 4.31. The standard InChI is InChI=1S/C21H23N3O3S2/c1-22-9-11-23(12-10-22)21(25)20-14-17-13-16(15-28)7-8-19(17)24(20)29(26,27)18-5-3-2-4-6-18/h2-8,13-14,28H,9-12,15H2,1H3. The Morgan fingerprint density at radius 2 is 1.69 bits per heavy atom. The van der Waals surface area contributed by atoms with E-state index in [1.807, 2.05) is 19.2 Å². The largest absolute Gasteiger partial charge is 0.335 e. The SMILES string of the molecule is CN1CCN(C(=O)c2cc3cc(CS)ccc3n2S(=O)(=O)c2ccccc2)CC1. The number of likely N-dealkylation sites (N-methyl/N-ethyl adjacent to an activating group) is 1. The second kappa shape index (κ2) is 7.85. The molecule has 0 spiro atoms.